The van der Waals surface area contributed by atoms with E-state index in [0.717, 1.165) is 12.8 Å². The number of carbonyl (C=O) groups excluding carboxylic acids is 3. The van der Waals surface area contributed by atoms with E-state index >= 15 is 0 Å². The van der Waals surface area contributed by atoms with Crippen molar-refractivity contribution < 1.29 is 14.4 Å². The van der Waals surface area contributed by atoms with Crippen molar-refractivity contribution in [2.24, 2.45) is 11.3 Å². The smallest absolute Gasteiger partial charge is 0.273 e. The Morgan fingerprint density at radius 1 is 0.950 bits per heavy atom. The van der Waals surface area contributed by atoms with Gasteiger partial charge in [-0.15, -0.1) is 0 Å². The molecule has 1 unspecified atom stereocenters. The molecule has 1 rings (SSSR count). The highest BCUT2D eigenvalue weighted by Gasteiger charge is 2.57. The molecule has 4 amide bonds. The summed E-state index contributed by atoms with van der Waals surface area (Å²) in [6.07, 6.45) is 2.15. The maximum Gasteiger partial charge on any atom is 0.333 e. The SMILES string of the molecule is CCCC(C)C1(CC)C(=O)N(CC)C(=O)N(CC)C1=O. The van der Waals surface area contributed by atoms with Gasteiger partial charge in [-0.05, 0) is 32.6 Å². The van der Waals surface area contributed by atoms with Gasteiger partial charge in [0.2, 0.25) is 11.8 Å². The highest BCUT2D eigenvalue weighted by molar-refractivity contribution is 6.19. The van der Waals surface area contributed by atoms with Crippen LogP contribution in [0.4, 0.5) is 4.79 Å². The van der Waals surface area contributed by atoms with Crippen molar-refractivity contribution >= 4 is 17.8 Å². The fraction of sp³-hybridized carbons (Fsp3) is 0.800. The first kappa shape index (κ1) is 16.7. The number of rotatable bonds is 6. The zero-order chi connectivity index (χ0) is 15.5. The van der Waals surface area contributed by atoms with Crippen LogP contribution in [0.3, 0.4) is 0 Å². The van der Waals surface area contributed by atoms with Gasteiger partial charge >= 0.3 is 6.03 Å². The molecule has 0 aromatic carbocycles. The molecule has 1 saturated heterocycles. The van der Waals surface area contributed by atoms with Crippen LogP contribution in [0, 0.1) is 11.3 Å². The van der Waals surface area contributed by atoms with E-state index in [1.165, 1.54) is 9.80 Å². The molecule has 1 aliphatic heterocycles. The Labute approximate surface area is 121 Å². The largest absolute Gasteiger partial charge is 0.333 e. The van der Waals surface area contributed by atoms with Gasteiger partial charge in [0, 0.05) is 13.1 Å². The molecule has 0 aromatic heterocycles. The zero-order valence-electron chi connectivity index (χ0n) is 13.2. The fourth-order valence-electron chi connectivity index (χ4n) is 3.20. The van der Waals surface area contributed by atoms with Crippen LogP contribution in [0.25, 0.3) is 0 Å². The van der Waals surface area contributed by atoms with Crippen LogP contribution in [0.2, 0.25) is 0 Å². The Morgan fingerprint density at radius 2 is 1.40 bits per heavy atom. The van der Waals surface area contributed by atoms with Crippen molar-refractivity contribution in [1.82, 2.24) is 9.80 Å². The molecule has 1 aliphatic rings. The summed E-state index contributed by atoms with van der Waals surface area (Å²) in [5.41, 5.74) is -1.07. The lowest BCUT2D eigenvalue weighted by Crippen LogP contribution is -2.66. The standard InChI is InChI=1S/C15H26N2O3/c1-6-10-11(5)15(7-2)12(18)16(8-3)14(20)17(9-4)13(15)19/h11H,6-10H2,1-5H3. The van der Waals surface area contributed by atoms with Gasteiger partial charge in [-0.2, -0.15) is 0 Å². The van der Waals surface area contributed by atoms with E-state index in [2.05, 4.69) is 0 Å². The minimum atomic E-state index is -1.07. The fourth-order valence-corrected chi connectivity index (χ4v) is 3.20. The number of urea groups is 1. The van der Waals surface area contributed by atoms with Gasteiger partial charge in [0.25, 0.3) is 0 Å². The van der Waals surface area contributed by atoms with Gasteiger partial charge in [-0.1, -0.05) is 27.2 Å². The van der Waals surface area contributed by atoms with Gasteiger partial charge in [0.05, 0.1) is 0 Å². The molecule has 5 heteroatoms. The number of imide groups is 2. The summed E-state index contributed by atoms with van der Waals surface area (Å²) in [6, 6.07) is -0.474. The highest BCUT2D eigenvalue weighted by atomic mass is 16.2. The Morgan fingerprint density at radius 3 is 1.70 bits per heavy atom. The van der Waals surface area contributed by atoms with E-state index in [4.69, 9.17) is 0 Å². The van der Waals surface area contributed by atoms with Crippen molar-refractivity contribution in [3.8, 4) is 0 Å². The van der Waals surface area contributed by atoms with Gasteiger partial charge in [0.1, 0.15) is 5.41 Å². The highest BCUT2D eigenvalue weighted by Crippen LogP contribution is 2.41. The Hall–Kier alpha value is -1.39. The van der Waals surface area contributed by atoms with Gasteiger partial charge in [0.15, 0.2) is 0 Å². The molecule has 0 aromatic rings. The van der Waals surface area contributed by atoms with Crippen molar-refractivity contribution in [2.45, 2.75) is 53.9 Å². The first-order valence-corrected chi connectivity index (χ1v) is 7.60. The lowest BCUT2D eigenvalue weighted by molar-refractivity contribution is -0.163. The van der Waals surface area contributed by atoms with Crippen LogP contribution in [-0.4, -0.2) is 40.7 Å². The topological polar surface area (TPSA) is 57.7 Å². The van der Waals surface area contributed by atoms with Crippen LogP contribution < -0.4 is 0 Å². The number of hydrogen-bond donors (Lipinski definition) is 0. The molecule has 114 valence electrons. The van der Waals surface area contributed by atoms with E-state index in [1.54, 1.807) is 13.8 Å². The number of hydrogen-bond acceptors (Lipinski definition) is 3. The third-order valence-electron chi connectivity index (χ3n) is 4.47. The van der Waals surface area contributed by atoms with Gasteiger partial charge in [-0.3, -0.25) is 19.4 Å². The van der Waals surface area contributed by atoms with E-state index < -0.39 is 11.4 Å². The van der Waals surface area contributed by atoms with E-state index in [-0.39, 0.29) is 17.7 Å². The second-order valence-electron chi connectivity index (χ2n) is 5.40. The molecule has 1 fully saturated rings. The summed E-state index contributed by atoms with van der Waals surface area (Å²) in [6.45, 7) is 10.00. The molecule has 0 saturated carbocycles. The molecule has 0 aliphatic carbocycles. The lowest BCUT2D eigenvalue weighted by Gasteiger charge is -2.46. The van der Waals surface area contributed by atoms with E-state index in [0.29, 0.717) is 19.5 Å². The molecular weight excluding hydrogens is 256 g/mol. The molecule has 5 nitrogen and oxygen atoms in total. The van der Waals surface area contributed by atoms with Crippen LogP contribution in [0.15, 0.2) is 0 Å². The Balaban J connectivity index is 3.35. The summed E-state index contributed by atoms with van der Waals surface area (Å²) in [4.78, 5) is 40.2. The maximum absolute atomic E-state index is 12.8. The maximum atomic E-state index is 12.8. The van der Waals surface area contributed by atoms with Crippen molar-refractivity contribution in [3.63, 3.8) is 0 Å². The average Bonchev–Trinajstić information content (AvgIpc) is 2.41. The summed E-state index contributed by atoms with van der Waals surface area (Å²) < 4.78 is 0. The zero-order valence-corrected chi connectivity index (χ0v) is 13.2. The van der Waals surface area contributed by atoms with E-state index in [9.17, 15) is 14.4 Å². The molecule has 0 bridgehead atoms. The number of barbiturate groups is 1. The summed E-state index contributed by atoms with van der Waals surface area (Å²) in [7, 11) is 0. The van der Waals surface area contributed by atoms with Crippen LogP contribution >= 0.6 is 0 Å². The normalized spacial score (nSPS) is 20.6. The second-order valence-corrected chi connectivity index (χ2v) is 5.40. The number of amides is 4. The quantitative estimate of drug-likeness (QED) is 0.704. The van der Waals surface area contributed by atoms with Crippen LogP contribution in [-0.2, 0) is 9.59 Å². The number of carbonyl (C=O) groups is 3. The Kier molecular flexibility index (Phi) is 5.31. The molecule has 0 radical (unpaired) electrons. The summed E-state index contributed by atoms with van der Waals surface area (Å²) in [5.74, 6) is -0.694. The van der Waals surface area contributed by atoms with E-state index in [1.807, 2.05) is 20.8 Å². The monoisotopic (exact) mass is 282 g/mol. The molecular formula is C15H26N2O3. The molecule has 0 spiro atoms. The molecule has 1 atom stereocenters. The molecule has 20 heavy (non-hydrogen) atoms. The average molecular weight is 282 g/mol. The third kappa shape index (κ3) is 2.23. The second kappa shape index (κ2) is 6.37. The van der Waals surface area contributed by atoms with Gasteiger partial charge < -0.3 is 0 Å². The van der Waals surface area contributed by atoms with Crippen molar-refractivity contribution in [1.29, 1.82) is 0 Å². The lowest BCUT2D eigenvalue weighted by atomic mass is 9.69. The minimum Gasteiger partial charge on any atom is -0.273 e. The predicted octanol–water partition coefficient (Wildman–Crippen LogP) is 2.65. The van der Waals surface area contributed by atoms with Gasteiger partial charge in [-0.25, -0.2) is 4.79 Å². The van der Waals surface area contributed by atoms with Crippen LogP contribution in [0.5, 0.6) is 0 Å². The summed E-state index contributed by atoms with van der Waals surface area (Å²) in [5, 5.41) is 0. The first-order chi connectivity index (χ1) is 9.42. The van der Waals surface area contributed by atoms with Crippen molar-refractivity contribution in [2.75, 3.05) is 13.1 Å². The first-order valence-electron chi connectivity index (χ1n) is 7.60. The number of nitrogens with zero attached hydrogens (tertiary/aromatic N) is 2. The minimum absolute atomic E-state index is 0.0614. The summed E-state index contributed by atoms with van der Waals surface area (Å²) >= 11 is 0. The Bertz CT molecular complexity index is 380. The molecule has 0 N–H and O–H groups in total. The predicted molar refractivity (Wildman–Crippen MR) is 77.0 cm³/mol. The van der Waals surface area contributed by atoms with Crippen molar-refractivity contribution in [3.05, 3.63) is 0 Å². The molecule has 1 heterocycles. The van der Waals surface area contributed by atoms with Crippen LogP contribution in [0.1, 0.15) is 53.9 Å². The third-order valence-corrected chi connectivity index (χ3v) is 4.47.